The Morgan fingerprint density at radius 1 is 0.298 bits per heavy atom. The zero-order chi connectivity index (χ0) is 31.3. The summed E-state index contributed by atoms with van der Waals surface area (Å²) in [5, 5.41) is 13.4. The molecule has 0 aliphatic heterocycles. The highest BCUT2D eigenvalue weighted by Gasteiger charge is 2.34. The van der Waals surface area contributed by atoms with E-state index in [-0.39, 0.29) is 5.41 Å². The highest BCUT2D eigenvalue weighted by Crippen LogP contribution is 2.51. The summed E-state index contributed by atoms with van der Waals surface area (Å²) in [5.41, 5.74) is 10.4. The molecular weight excluding hydrogens is 565 g/mol. The van der Waals surface area contributed by atoms with E-state index in [1.165, 1.54) is 98.4 Å². The number of hydrogen-bond acceptors (Lipinski definition) is 0. The SMILES string of the molecule is CC1(C)c2cccc3c4ccc(-c5cccc(-c6c7ccccc7c(-c7ccccc7)c7ccccc67)c5)cc4c4cccc1c4c23. The molecule has 47 heavy (non-hydrogen) atoms. The molecular formula is C47H32. The molecule has 0 saturated carbocycles. The molecule has 0 N–H and O–H groups in total. The van der Waals surface area contributed by atoms with Gasteiger partial charge in [-0.3, -0.25) is 0 Å². The van der Waals surface area contributed by atoms with E-state index in [4.69, 9.17) is 0 Å². The standard InChI is InChI=1S/C47H32/c1-47(2)41-23-11-21-34-33-26-25-31(28-40(33)39-22-12-24-42(47)46(39)45(34)41)30-15-10-16-32(27-30)44-37-19-8-6-17-35(37)43(29-13-4-3-5-14-29)36-18-7-9-20-38(36)44/h3-28H,1-2H3. The summed E-state index contributed by atoms with van der Waals surface area (Å²) in [5.74, 6) is 0. The van der Waals surface area contributed by atoms with Gasteiger partial charge in [-0.1, -0.05) is 159 Å². The van der Waals surface area contributed by atoms with Crippen LogP contribution in [0, 0.1) is 0 Å². The van der Waals surface area contributed by atoms with Crippen LogP contribution in [-0.4, -0.2) is 0 Å². The van der Waals surface area contributed by atoms with Crippen LogP contribution < -0.4 is 0 Å². The summed E-state index contributed by atoms with van der Waals surface area (Å²) >= 11 is 0. The van der Waals surface area contributed by atoms with Crippen molar-refractivity contribution in [2.45, 2.75) is 19.3 Å². The van der Waals surface area contributed by atoms with Gasteiger partial charge in [-0.2, -0.15) is 0 Å². The second-order valence-corrected chi connectivity index (χ2v) is 13.6. The van der Waals surface area contributed by atoms with Gasteiger partial charge in [0.1, 0.15) is 0 Å². The van der Waals surface area contributed by atoms with Crippen molar-refractivity contribution in [3.63, 3.8) is 0 Å². The third-order valence-corrected chi connectivity index (χ3v) is 10.8. The molecule has 0 spiro atoms. The van der Waals surface area contributed by atoms with Crippen molar-refractivity contribution in [1.82, 2.24) is 0 Å². The molecule has 0 unspecified atom stereocenters. The van der Waals surface area contributed by atoms with Crippen molar-refractivity contribution < 1.29 is 0 Å². The van der Waals surface area contributed by atoms with Crippen molar-refractivity contribution in [1.29, 1.82) is 0 Å². The van der Waals surface area contributed by atoms with Crippen LogP contribution in [0.25, 0.3) is 87.2 Å². The van der Waals surface area contributed by atoms with Crippen LogP contribution in [0.5, 0.6) is 0 Å². The van der Waals surface area contributed by atoms with Gasteiger partial charge in [-0.25, -0.2) is 0 Å². The van der Waals surface area contributed by atoms with E-state index in [1.807, 2.05) is 0 Å². The van der Waals surface area contributed by atoms with Crippen molar-refractivity contribution in [2.24, 2.45) is 0 Å². The van der Waals surface area contributed by atoms with E-state index in [0.717, 1.165) is 0 Å². The molecule has 9 aromatic carbocycles. The molecule has 0 saturated heterocycles. The topological polar surface area (TPSA) is 0 Å². The number of fused-ring (bicyclic) bond motifs is 5. The van der Waals surface area contributed by atoms with Crippen molar-refractivity contribution >= 4 is 53.9 Å². The lowest BCUT2D eigenvalue weighted by Gasteiger charge is -2.21. The Bertz CT molecular complexity index is 2690. The van der Waals surface area contributed by atoms with E-state index in [9.17, 15) is 0 Å². The van der Waals surface area contributed by atoms with Gasteiger partial charge in [0.2, 0.25) is 0 Å². The Hall–Kier alpha value is -5.72. The van der Waals surface area contributed by atoms with E-state index < -0.39 is 0 Å². The smallest absolute Gasteiger partial charge is 0.0159 e. The third-order valence-electron chi connectivity index (χ3n) is 10.8. The van der Waals surface area contributed by atoms with Crippen molar-refractivity contribution in [2.75, 3.05) is 0 Å². The van der Waals surface area contributed by atoms with Gasteiger partial charge in [0.25, 0.3) is 0 Å². The first-order valence-corrected chi connectivity index (χ1v) is 16.6. The summed E-state index contributed by atoms with van der Waals surface area (Å²) in [6.07, 6.45) is 0. The fourth-order valence-corrected chi connectivity index (χ4v) is 8.67. The molecule has 10 rings (SSSR count). The first-order chi connectivity index (χ1) is 23.1. The second-order valence-electron chi connectivity index (χ2n) is 13.6. The lowest BCUT2D eigenvalue weighted by Crippen LogP contribution is -2.14. The average Bonchev–Trinajstić information content (AvgIpc) is 3.37. The second kappa shape index (κ2) is 9.64. The van der Waals surface area contributed by atoms with Crippen LogP contribution in [0.15, 0.2) is 158 Å². The first kappa shape index (κ1) is 26.5. The fourth-order valence-electron chi connectivity index (χ4n) is 8.67. The number of rotatable bonds is 3. The molecule has 1 aliphatic rings. The quantitative estimate of drug-likeness (QED) is 0.141. The molecule has 1 aliphatic carbocycles. The minimum atomic E-state index is -0.00248. The lowest BCUT2D eigenvalue weighted by molar-refractivity contribution is 0.663. The van der Waals surface area contributed by atoms with Crippen LogP contribution in [-0.2, 0) is 5.41 Å². The molecule has 0 heteroatoms. The molecule has 0 bridgehead atoms. The van der Waals surface area contributed by atoms with Gasteiger partial charge in [-0.05, 0) is 111 Å². The highest BCUT2D eigenvalue weighted by atomic mass is 14.4. The molecule has 0 nitrogen and oxygen atoms in total. The van der Waals surface area contributed by atoms with Crippen LogP contribution in [0.1, 0.15) is 25.0 Å². The maximum Gasteiger partial charge on any atom is 0.0159 e. The van der Waals surface area contributed by atoms with Gasteiger partial charge in [0.15, 0.2) is 0 Å². The van der Waals surface area contributed by atoms with Gasteiger partial charge in [0, 0.05) is 5.41 Å². The highest BCUT2D eigenvalue weighted by molar-refractivity contribution is 6.29. The van der Waals surface area contributed by atoms with E-state index in [1.54, 1.807) is 0 Å². The monoisotopic (exact) mass is 596 g/mol. The maximum atomic E-state index is 2.43. The lowest BCUT2D eigenvalue weighted by atomic mass is 9.82. The minimum Gasteiger partial charge on any atom is -0.0622 e. The van der Waals surface area contributed by atoms with Crippen LogP contribution in [0.3, 0.4) is 0 Å². The summed E-state index contributed by atoms with van der Waals surface area (Å²) < 4.78 is 0. The molecule has 0 fully saturated rings. The fraction of sp³-hybridized carbons (Fsp3) is 0.0638. The molecule has 0 amide bonds. The van der Waals surface area contributed by atoms with E-state index in [0.29, 0.717) is 0 Å². The average molecular weight is 597 g/mol. The largest absolute Gasteiger partial charge is 0.0622 e. The zero-order valence-electron chi connectivity index (χ0n) is 26.5. The molecule has 9 aromatic rings. The molecule has 0 atom stereocenters. The maximum absolute atomic E-state index is 2.43. The molecule has 0 aromatic heterocycles. The van der Waals surface area contributed by atoms with Gasteiger partial charge in [-0.15, -0.1) is 0 Å². The minimum absolute atomic E-state index is 0.00248. The van der Waals surface area contributed by atoms with Crippen LogP contribution in [0.4, 0.5) is 0 Å². The van der Waals surface area contributed by atoms with Crippen molar-refractivity contribution in [3.8, 4) is 33.4 Å². The summed E-state index contributed by atoms with van der Waals surface area (Å²) in [4.78, 5) is 0. The Morgan fingerprint density at radius 2 is 0.745 bits per heavy atom. The third kappa shape index (κ3) is 3.64. The van der Waals surface area contributed by atoms with Crippen molar-refractivity contribution in [3.05, 3.63) is 169 Å². The normalized spacial score (nSPS) is 13.5. The molecule has 220 valence electrons. The Labute approximate surface area is 274 Å². The Kier molecular flexibility index (Phi) is 5.44. The van der Waals surface area contributed by atoms with Gasteiger partial charge in [0.05, 0.1) is 0 Å². The molecule has 0 heterocycles. The van der Waals surface area contributed by atoms with E-state index >= 15 is 0 Å². The van der Waals surface area contributed by atoms with Crippen LogP contribution in [0.2, 0.25) is 0 Å². The van der Waals surface area contributed by atoms with E-state index in [2.05, 4.69) is 172 Å². The summed E-state index contributed by atoms with van der Waals surface area (Å²) in [6, 6.07) is 58.7. The predicted octanol–water partition coefficient (Wildman–Crippen LogP) is 13.1. The van der Waals surface area contributed by atoms with Gasteiger partial charge >= 0.3 is 0 Å². The number of hydrogen-bond donors (Lipinski definition) is 0. The number of benzene rings is 9. The van der Waals surface area contributed by atoms with Crippen LogP contribution >= 0.6 is 0 Å². The Balaban J connectivity index is 1.22. The Morgan fingerprint density at radius 3 is 1.36 bits per heavy atom. The molecule has 0 radical (unpaired) electrons. The zero-order valence-corrected chi connectivity index (χ0v) is 26.5. The first-order valence-electron chi connectivity index (χ1n) is 16.6. The van der Waals surface area contributed by atoms with Gasteiger partial charge < -0.3 is 0 Å². The predicted molar refractivity (Wildman–Crippen MR) is 202 cm³/mol. The summed E-state index contributed by atoms with van der Waals surface area (Å²) in [7, 11) is 0. The summed E-state index contributed by atoms with van der Waals surface area (Å²) in [6.45, 7) is 4.75.